The summed E-state index contributed by atoms with van der Waals surface area (Å²) in [5.74, 6) is 0.573. The number of rotatable bonds is 3. The Labute approximate surface area is 315 Å². The van der Waals surface area contributed by atoms with Crippen molar-refractivity contribution in [1.29, 1.82) is 0 Å². The van der Waals surface area contributed by atoms with E-state index in [4.69, 9.17) is 0 Å². The van der Waals surface area contributed by atoms with Gasteiger partial charge in [-0.3, -0.25) is 0 Å². The van der Waals surface area contributed by atoms with Crippen molar-refractivity contribution in [2.24, 2.45) is 0 Å². The van der Waals surface area contributed by atoms with Gasteiger partial charge in [0.15, 0.2) is 0 Å². The molecule has 0 aromatic heterocycles. The first-order valence-corrected chi connectivity index (χ1v) is 19.8. The Morgan fingerprint density at radius 2 is 1.45 bits per heavy atom. The quantitative estimate of drug-likeness (QED) is 0.127. The normalized spacial score (nSPS) is 12.3. The first-order chi connectivity index (χ1) is 20.7. The van der Waals surface area contributed by atoms with Gasteiger partial charge in [0.2, 0.25) is 0 Å². The fraction of sp³-hybridized carbons (Fsp3) is 0.279. The van der Waals surface area contributed by atoms with Crippen LogP contribution in [0.15, 0.2) is 96.6 Å². The van der Waals surface area contributed by atoms with Crippen LogP contribution in [-0.4, -0.2) is 6.88 Å². The van der Waals surface area contributed by atoms with E-state index in [0.29, 0.717) is 5.92 Å². The molecule has 2 aliphatic carbocycles. The third-order valence-corrected chi connectivity index (χ3v) is 8.86. The summed E-state index contributed by atoms with van der Waals surface area (Å²) in [7, 11) is 0. The first-order valence-electron chi connectivity index (χ1n) is 15.6. The summed E-state index contributed by atoms with van der Waals surface area (Å²) in [5, 5.41) is 2.72. The number of halogens is 2. The minimum absolute atomic E-state index is 0. The molecule has 2 aliphatic rings. The van der Waals surface area contributed by atoms with Crippen LogP contribution in [0.4, 0.5) is 0 Å². The fourth-order valence-corrected chi connectivity index (χ4v) is 6.57. The van der Waals surface area contributed by atoms with Crippen molar-refractivity contribution in [1.82, 2.24) is 0 Å². The third kappa shape index (κ3) is 9.54. The standard InChI is InChI=1S/C22H25.C19H17.2CH3.2ClH.Si.Zr/c1-15(2)18-13-17-7-6-8-20(21(17)14-18)16-9-11-19(12-10-16)22(3,4)5;1-13-10-16-12-15-8-5-9-17(15)19(18(16)11-13)14-6-3-2-4-7-14;;;;;;/h6-15H,1-5H3;2-4,6-7,12H,5,8-9,11H2,1H3;2*1H3;2*1H;;/q4*-1;;;;. The number of fused-ring (bicyclic) bond motifs is 3. The topological polar surface area (TPSA) is 0 Å². The maximum atomic E-state index is 3.55. The zero-order valence-electron chi connectivity index (χ0n) is 29.4. The summed E-state index contributed by atoms with van der Waals surface area (Å²) >= 11 is 1.36. The molecule has 0 saturated carbocycles. The Kier molecular flexibility index (Phi) is 17.0. The molecule has 0 amide bonds. The molecular weight excluding hydrogens is 707 g/mol. The van der Waals surface area contributed by atoms with E-state index in [-0.39, 0.29) is 45.1 Å². The summed E-state index contributed by atoms with van der Waals surface area (Å²) < 4.78 is 0. The summed E-state index contributed by atoms with van der Waals surface area (Å²) in [6.07, 6.45) is 8.42. The molecule has 0 N–H and O–H groups in total. The molecule has 0 unspecified atom stereocenters. The number of hydrogen-bond acceptors (Lipinski definition) is 0. The monoisotopic (exact) mass is 754 g/mol. The van der Waals surface area contributed by atoms with Gasteiger partial charge in [-0.05, 0) is 47.3 Å². The Morgan fingerprint density at radius 1 is 0.787 bits per heavy atom. The Balaban J connectivity index is 0.000000415. The molecule has 7 rings (SSSR count). The summed E-state index contributed by atoms with van der Waals surface area (Å²) in [6, 6.07) is 33.6. The molecular formula is C43H50Cl2SiZr-4. The molecule has 0 bridgehead atoms. The Morgan fingerprint density at radius 3 is 2.06 bits per heavy atom. The van der Waals surface area contributed by atoms with E-state index in [0.717, 1.165) is 6.42 Å². The van der Waals surface area contributed by atoms with Crippen molar-refractivity contribution < 1.29 is 23.3 Å². The van der Waals surface area contributed by atoms with Crippen LogP contribution in [-0.2, 0) is 48.0 Å². The molecule has 0 saturated heterocycles. The van der Waals surface area contributed by atoms with Gasteiger partial charge in [-0.1, -0.05) is 131 Å². The van der Waals surface area contributed by atoms with Crippen LogP contribution in [0, 0.1) is 20.9 Å². The van der Waals surface area contributed by atoms with Crippen LogP contribution >= 0.6 is 24.8 Å². The van der Waals surface area contributed by atoms with E-state index in [1.165, 1.54) is 103 Å². The molecule has 4 heteroatoms. The summed E-state index contributed by atoms with van der Waals surface area (Å²) in [5.41, 5.74) is 15.9. The molecule has 47 heavy (non-hydrogen) atoms. The van der Waals surface area contributed by atoms with E-state index in [9.17, 15) is 0 Å². The van der Waals surface area contributed by atoms with Gasteiger partial charge in [0.05, 0.1) is 0 Å². The van der Waals surface area contributed by atoms with Gasteiger partial charge in [0, 0.05) is 0 Å². The maximum absolute atomic E-state index is 3.55. The molecule has 0 spiro atoms. The van der Waals surface area contributed by atoms with E-state index in [1.54, 1.807) is 11.1 Å². The van der Waals surface area contributed by atoms with E-state index >= 15 is 0 Å². The number of aryl methyl sites for hydroxylation is 1. The van der Waals surface area contributed by atoms with Crippen LogP contribution in [0.5, 0.6) is 0 Å². The molecule has 0 aliphatic heterocycles. The van der Waals surface area contributed by atoms with Gasteiger partial charge in [-0.25, -0.2) is 0 Å². The van der Waals surface area contributed by atoms with E-state index in [1.807, 2.05) is 0 Å². The van der Waals surface area contributed by atoms with Crippen molar-refractivity contribution in [3.05, 3.63) is 151 Å². The van der Waals surface area contributed by atoms with Crippen LogP contribution in [0.1, 0.15) is 87.3 Å². The molecule has 0 heterocycles. The second-order valence-corrected chi connectivity index (χ2v) is 13.3. The van der Waals surface area contributed by atoms with Gasteiger partial charge >= 0.3 is 30.2 Å². The van der Waals surface area contributed by atoms with Crippen molar-refractivity contribution in [3.63, 3.8) is 0 Å². The summed E-state index contributed by atoms with van der Waals surface area (Å²) in [6.45, 7) is 16.5. The van der Waals surface area contributed by atoms with Crippen LogP contribution in [0.25, 0.3) is 33.0 Å². The van der Waals surface area contributed by atoms with Crippen molar-refractivity contribution in [2.75, 3.05) is 0 Å². The van der Waals surface area contributed by atoms with Crippen molar-refractivity contribution in [2.45, 2.75) is 78.6 Å². The van der Waals surface area contributed by atoms with Gasteiger partial charge in [-0.15, -0.1) is 70.5 Å². The van der Waals surface area contributed by atoms with E-state index in [2.05, 4.69) is 145 Å². The SMILES string of the molecule is CC(C)c1cc2c(-c3ccc(C(C)(C)C)cc3)cccc2[cH-]1.CC1=[C-]c2cc3c(c(-c4ccccc4)c2C1)CCC3.Cl.Cl.[CH3-].[CH3-].[Si]=[Zr]. The van der Waals surface area contributed by atoms with Crippen molar-refractivity contribution >= 4 is 42.5 Å². The number of allylic oxidation sites excluding steroid dienone is 1. The zero-order valence-corrected chi connectivity index (χ0v) is 34.5. The molecule has 2 radical (unpaired) electrons. The molecule has 5 aromatic carbocycles. The molecule has 5 aromatic rings. The summed E-state index contributed by atoms with van der Waals surface area (Å²) in [4.78, 5) is 0. The van der Waals surface area contributed by atoms with Gasteiger partial charge in [0.25, 0.3) is 0 Å². The van der Waals surface area contributed by atoms with Gasteiger partial charge < -0.3 is 14.9 Å². The minimum atomic E-state index is 0. The molecule has 248 valence electrons. The Hall–Kier alpha value is -2.09. The number of hydrogen-bond donors (Lipinski definition) is 0. The third-order valence-electron chi connectivity index (χ3n) is 8.86. The number of benzene rings is 4. The zero-order chi connectivity index (χ0) is 30.7. The second kappa shape index (κ2) is 18.6. The predicted molar refractivity (Wildman–Crippen MR) is 210 cm³/mol. The van der Waals surface area contributed by atoms with Crippen LogP contribution < -0.4 is 0 Å². The molecule has 0 atom stereocenters. The van der Waals surface area contributed by atoms with Crippen molar-refractivity contribution in [3.8, 4) is 22.3 Å². The fourth-order valence-electron chi connectivity index (χ4n) is 6.57. The van der Waals surface area contributed by atoms with Crippen LogP contribution in [0.3, 0.4) is 0 Å². The molecule has 0 fully saturated rings. The average molecular weight is 757 g/mol. The second-order valence-electron chi connectivity index (χ2n) is 13.3. The van der Waals surface area contributed by atoms with Gasteiger partial charge in [0.1, 0.15) is 0 Å². The van der Waals surface area contributed by atoms with Gasteiger partial charge in [-0.2, -0.15) is 23.8 Å². The average Bonchev–Trinajstić information content (AvgIpc) is 3.75. The predicted octanol–water partition coefficient (Wildman–Crippen LogP) is 12.5. The van der Waals surface area contributed by atoms with E-state index < -0.39 is 0 Å². The Bertz CT molecular complexity index is 1760. The van der Waals surface area contributed by atoms with Crippen LogP contribution in [0.2, 0.25) is 0 Å². The molecule has 0 nitrogen and oxygen atoms in total. The first kappa shape index (κ1) is 42.9.